The molecule has 1 aromatic carbocycles. The molecule has 2 aromatic rings. The summed E-state index contributed by atoms with van der Waals surface area (Å²) >= 11 is 0. The maximum atomic E-state index is 12.0. The summed E-state index contributed by atoms with van der Waals surface area (Å²) in [4.78, 5) is 16.4. The van der Waals surface area contributed by atoms with E-state index in [9.17, 15) is 4.79 Å². The van der Waals surface area contributed by atoms with Gasteiger partial charge in [-0.05, 0) is 45.1 Å². The summed E-state index contributed by atoms with van der Waals surface area (Å²) in [6.07, 6.45) is 1.45. The predicted octanol–water partition coefficient (Wildman–Crippen LogP) is 2.06. The van der Waals surface area contributed by atoms with E-state index >= 15 is 0 Å². The average Bonchev–Trinajstić information content (AvgIpc) is 2.65. The molecular formula is C14H19N3O. The van der Waals surface area contributed by atoms with Crippen LogP contribution in [0.5, 0.6) is 0 Å². The fourth-order valence-corrected chi connectivity index (χ4v) is 2.06. The van der Waals surface area contributed by atoms with Crippen LogP contribution in [0.1, 0.15) is 29.0 Å². The predicted molar refractivity (Wildman–Crippen MR) is 72.9 cm³/mol. The van der Waals surface area contributed by atoms with Crippen LogP contribution in [-0.4, -0.2) is 28.9 Å². The lowest BCUT2D eigenvalue weighted by molar-refractivity contribution is 0.0980. The van der Waals surface area contributed by atoms with Gasteiger partial charge in [0.1, 0.15) is 5.82 Å². The molecule has 0 spiro atoms. The van der Waals surface area contributed by atoms with Gasteiger partial charge in [-0.1, -0.05) is 0 Å². The Morgan fingerprint density at radius 1 is 1.44 bits per heavy atom. The van der Waals surface area contributed by atoms with E-state index in [1.807, 2.05) is 43.8 Å². The first kappa shape index (κ1) is 12.8. The molecule has 0 aliphatic carbocycles. The fraction of sp³-hybridized carbons (Fsp3) is 0.429. The van der Waals surface area contributed by atoms with Crippen LogP contribution in [0.3, 0.4) is 0 Å². The van der Waals surface area contributed by atoms with E-state index in [0.717, 1.165) is 35.4 Å². The molecule has 0 saturated carbocycles. The number of nitrogens with zero attached hydrogens (tertiary/aromatic N) is 2. The van der Waals surface area contributed by atoms with E-state index in [0.29, 0.717) is 6.42 Å². The molecule has 1 heterocycles. The molecule has 1 aromatic heterocycles. The van der Waals surface area contributed by atoms with Crippen molar-refractivity contribution in [2.45, 2.75) is 19.8 Å². The first-order valence-electron chi connectivity index (χ1n) is 6.24. The lowest BCUT2D eigenvalue weighted by Gasteiger charge is -2.02. The van der Waals surface area contributed by atoms with Crippen LogP contribution in [-0.2, 0) is 7.05 Å². The molecule has 0 aliphatic rings. The van der Waals surface area contributed by atoms with Gasteiger partial charge in [-0.15, -0.1) is 0 Å². The second-order valence-corrected chi connectivity index (χ2v) is 4.55. The third-order valence-corrected chi connectivity index (χ3v) is 3.26. The number of hydrogen-bond acceptors (Lipinski definition) is 3. The van der Waals surface area contributed by atoms with Crippen LogP contribution in [0, 0.1) is 6.92 Å². The number of Topliss-reactive ketones (excluding diaryl/α,β-unsaturated/α-hetero) is 1. The Bertz CT molecular complexity index is 572. The summed E-state index contributed by atoms with van der Waals surface area (Å²) in [7, 11) is 3.88. The van der Waals surface area contributed by atoms with Gasteiger partial charge >= 0.3 is 0 Å². The van der Waals surface area contributed by atoms with Gasteiger partial charge in [0.05, 0.1) is 11.0 Å². The Kier molecular flexibility index (Phi) is 3.77. The number of benzene rings is 1. The van der Waals surface area contributed by atoms with Crippen molar-refractivity contribution in [3.05, 3.63) is 29.6 Å². The van der Waals surface area contributed by atoms with E-state index in [-0.39, 0.29) is 5.78 Å². The van der Waals surface area contributed by atoms with Crippen molar-refractivity contribution in [2.24, 2.45) is 7.05 Å². The molecule has 96 valence electrons. The van der Waals surface area contributed by atoms with E-state index < -0.39 is 0 Å². The SMILES string of the molecule is CNCCCC(=O)c1ccc2c(c1)nc(C)n2C. The first-order valence-corrected chi connectivity index (χ1v) is 6.24. The average molecular weight is 245 g/mol. The summed E-state index contributed by atoms with van der Waals surface area (Å²) < 4.78 is 2.03. The van der Waals surface area contributed by atoms with Crippen molar-refractivity contribution in [1.29, 1.82) is 0 Å². The summed E-state index contributed by atoms with van der Waals surface area (Å²) in [5.74, 6) is 1.15. The number of aryl methyl sites for hydroxylation is 2. The number of hydrogen-bond donors (Lipinski definition) is 1. The number of fused-ring (bicyclic) bond motifs is 1. The Balaban J connectivity index is 2.22. The lowest BCUT2D eigenvalue weighted by Crippen LogP contribution is -2.10. The fourth-order valence-electron chi connectivity index (χ4n) is 2.06. The van der Waals surface area contributed by atoms with Crippen LogP contribution >= 0.6 is 0 Å². The standard InChI is InChI=1S/C14H19N3O/c1-10-16-12-9-11(6-7-13(12)17(10)3)14(18)5-4-8-15-2/h6-7,9,15H,4-5,8H2,1-3H3. The van der Waals surface area contributed by atoms with Crippen molar-refractivity contribution in [1.82, 2.24) is 14.9 Å². The molecular weight excluding hydrogens is 226 g/mol. The minimum Gasteiger partial charge on any atom is -0.331 e. The maximum Gasteiger partial charge on any atom is 0.163 e. The zero-order valence-corrected chi connectivity index (χ0v) is 11.2. The Hall–Kier alpha value is -1.68. The van der Waals surface area contributed by atoms with Gasteiger partial charge in [-0.2, -0.15) is 0 Å². The van der Waals surface area contributed by atoms with Crippen LogP contribution in [0.25, 0.3) is 11.0 Å². The maximum absolute atomic E-state index is 12.0. The van der Waals surface area contributed by atoms with E-state index in [1.54, 1.807) is 0 Å². The second kappa shape index (κ2) is 5.31. The summed E-state index contributed by atoms with van der Waals surface area (Å²) in [5.41, 5.74) is 2.73. The number of nitrogens with one attached hydrogen (secondary N) is 1. The van der Waals surface area contributed by atoms with Gasteiger partial charge in [0, 0.05) is 19.0 Å². The topological polar surface area (TPSA) is 46.9 Å². The molecule has 0 saturated heterocycles. The molecule has 1 N–H and O–H groups in total. The highest BCUT2D eigenvalue weighted by molar-refractivity contribution is 5.98. The van der Waals surface area contributed by atoms with Crippen molar-refractivity contribution in [3.8, 4) is 0 Å². The molecule has 4 nitrogen and oxygen atoms in total. The largest absolute Gasteiger partial charge is 0.331 e. The van der Waals surface area contributed by atoms with E-state index in [1.165, 1.54) is 0 Å². The number of imidazole rings is 1. The van der Waals surface area contributed by atoms with Crippen LogP contribution < -0.4 is 5.32 Å². The highest BCUT2D eigenvalue weighted by Gasteiger charge is 2.09. The highest BCUT2D eigenvalue weighted by atomic mass is 16.1. The smallest absolute Gasteiger partial charge is 0.163 e. The van der Waals surface area contributed by atoms with Crippen LogP contribution in [0.4, 0.5) is 0 Å². The van der Waals surface area contributed by atoms with Gasteiger partial charge in [0.2, 0.25) is 0 Å². The van der Waals surface area contributed by atoms with E-state index in [4.69, 9.17) is 0 Å². The molecule has 0 bridgehead atoms. The third-order valence-electron chi connectivity index (χ3n) is 3.26. The number of ketones is 1. The highest BCUT2D eigenvalue weighted by Crippen LogP contribution is 2.17. The van der Waals surface area contributed by atoms with Crippen molar-refractivity contribution < 1.29 is 4.79 Å². The summed E-state index contributed by atoms with van der Waals surface area (Å²) in [5, 5.41) is 3.05. The van der Waals surface area contributed by atoms with Gasteiger partial charge in [-0.25, -0.2) is 4.98 Å². The van der Waals surface area contributed by atoms with E-state index in [2.05, 4.69) is 10.3 Å². The number of aromatic nitrogens is 2. The number of carbonyl (C=O) groups excluding carboxylic acids is 1. The minimum absolute atomic E-state index is 0.190. The molecule has 18 heavy (non-hydrogen) atoms. The first-order chi connectivity index (χ1) is 8.63. The van der Waals surface area contributed by atoms with Gasteiger partial charge in [0.15, 0.2) is 5.78 Å². The zero-order valence-electron chi connectivity index (χ0n) is 11.2. The third kappa shape index (κ3) is 2.43. The number of rotatable bonds is 5. The quantitative estimate of drug-likeness (QED) is 0.648. The second-order valence-electron chi connectivity index (χ2n) is 4.55. The normalized spacial score (nSPS) is 11.1. The molecule has 0 amide bonds. The zero-order chi connectivity index (χ0) is 13.1. The Morgan fingerprint density at radius 3 is 2.94 bits per heavy atom. The Morgan fingerprint density at radius 2 is 2.22 bits per heavy atom. The van der Waals surface area contributed by atoms with Crippen molar-refractivity contribution >= 4 is 16.8 Å². The molecule has 0 radical (unpaired) electrons. The van der Waals surface area contributed by atoms with Gasteiger partial charge in [-0.3, -0.25) is 4.79 Å². The monoisotopic (exact) mass is 245 g/mol. The Labute approximate surface area is 107 Å². The summed E-state index contributed by atoms with van der Waals surface area (Å²) in [6, 6.07) is 5.76. The number of carbonyl (C=O) groups is 1. The lowest BCUT2D eigenvalue weighted by atomic mass is 10.1. The van der Waals surface area contributed by atoms with Crippen LogP contribution in [0.15, 0.2) is 18.2 Å². The van der Waals surface area contributed by atoms with Crippen molar-refractivity contribution in [2.75, 3.05) is 13.6 Å². The molecule has 0 fully saturated rings. The molecule has 0 unspecified atom stereocenters. The van der Waals surface area contributed by atoms with Gasteiger partial charge in [0.25, 0.3) is 0 Å². The summed E-state index contributed by atoms with van der Waals surface area (Å²) in [6.45, 7) is 2.84. The van der Waals surface area contributed by atoms with Gasteiger partial charge < -0.3 is 9.88 Å². The molecule has 4 heteroatoms. The molecule has 0 atom stereocenters. The molecule has 2 rings (SSSR count). The van der Waals surface area contributed by atoms with Crippen molar-refractivity contribution in [3.63, 3.8) is 0 Å². The minimum atomic E-state index is 0.190. The molecule has 0 aliphatic heterocycles. The van der Waals surface area contributed by atoms with Crippen LogP contribution in [0.2, 0.25) is 0 Å².